The summed E-state index contributed by atoms with van der Waals surface area (Å²) >= 11 is 0. The Hall–Kier alpha value is -3.40. The molecule has 4 nitrogen and oxygen atoms in total. The van der Waals surface area contributed by atoms with E-state index in [9.17, 15) is 0 Å². The average Bonchev–Trinajstić information content (AvgIpc) is 3.30. The lowest BCUT2D eigenvalue weighted by molar-refractivity contribution is 0.591. The highest BCUT2D eigenvalue weighted by molar-refractivity contribution is 5.93. The average molecular weight is 310 g/mol. The Morgan fingerprint density at radius 2 is 1.04 bits per heavy atom. The summed E-state index contributed by atoms with van der Waals surface area (Å²) in [5.74, 6) is 0. The second-order valence-electron chi connectivity index (χ2n) is 5.49. The van der Waals surface area contributed by atoms with Crippen LogP contribution in [0.4, 0.5) is 0 Å². The molecule has 0 aliphatic heterocycles. The quantitative estimate of drug-likeness (QED) is 0.465. The number of benzene rings is 3. The third-order valence-electron chi connectivity index (χ3n) is 4.13. The number of hydrogen-bond donors (Lipinski definition) is 0. The lowest BCUT2D eigenvalue weighted by Gasteiger charge is -2.06. The van der Waals surface area contributed by atoms with E-state index < -0.39 is 0 Å². The van der Waals surface area contributed by atoms with E-state index in [0.717, 1.165) is 44.5 Å². The third kappa shape index (κ3) is 1.93. The van der Waals surface area contributed by atoms with E-state index in [1.807, 2.05) is 36.4 Å². The van der Waals surface area contributed by atoms with Crippen LogP contribution < -0.4 is 0 Å². The highest BCUT2D eigenvalue weighted by Gasteiger charge is 2.10. The van der Waals surface area contributed by atoms with Crippen molar-refractivity contribution >= 4 is 22.2 Å². The normalized spacial score (nSPS) is 11.3. The fraction of sp³-hybridized carbons (Fsp3) is 0. The van der Waals surface area contributed by atoms with Crippen molar-refractivity contribution in [3.63, 3.8) is 0 Å². The molecular weight excluding hydrogens is 300 g/mol. The zero-order valence-corrected chi connectivity index (χ0v) is 12.5. The van der Waals surface area contributed by atoms with E-state index >= 15 is 0 Å². The van der Waals surface area contributed by atoms with Gasteiger partial charge in [0.1, 0.15) is 11.0 Å². The largest absolute Gasteiger partial charge is 0.432 e. The first-order valence-electron chi connectivity index (χ1n) is 7.52. The molecule has 0 saturated heterocycles. The molecule has 0 aliphatic carbocycles. The molecule has 0 bridgehead atoms. The van der Waals surface area contributed by atoms with Crippen LogP contribution in [0.1, 0.15) is 0 Å². The molecule has 3 aromatic carbocycles. The van der Waals surface area contributed by atoms with Gasteiger partial charge in [-0.15, -0.1) is 0 Å². The second kappa shape index (κ2) is 5.06. The molecule has 112 valence electrons. The smallest absolute Gasteiger partial charge is 0.284 e. The number of aromatic nitrogens is 2. The van der Waals surface area contributed by atoms with Crippen molar-refractivity contribution in [2.75, 3.05) is 0 Å². The highest BCUT2D eigenvalue weighted by Crippen LogP contribution is 2.31. The molecule has 0 N–H and O–H groups in total. The lowest BCUT2D eigenvalue weighted by atomic mass is 9.99. The molecule has 24 heavy (non-hydrogen) atoms. The van der Waals surface area contributed by atoms with Crippen LogP contribution in [0.2, 0.25) is 0 Å². The van der Waals surface area contributed by atoms with Gasteiger partial charge < -0.3 is 8.83 Å². The highest BCUT2D eigenvalue weighted by atomic mass is 16.3. The van der Waals surface area contributed by atoms with Gasteiger partial charge >= 0.3 is 0 Å². The van der Waals surface area contributed by atoms with Gasteiger partial charge in [0.2, 0.25) is 0 Å². The molecule has 5 aromatic rings. The molecule has 0 aliphatic rings. The first-order chi connectivity index (χ1) is 11.9. The minimum atomic E-state index is 0.736. The molecule has 0 fully saturated rings. The molecule has 2 aromatic heterocycles. The molecule has 0 saturated carbocycles. The monoisotopic (exact) mass is 310 g/mol. The lowest BCUT2D eigenvalue weighted by Crippen LogP contribution is -1.83. The molecule has 0 spiro atoms. The van der Waals surface area contributed by atoms with Crippen molar-refractivity contribution in [1.82, 2.24) is 9.97 Å². The van der Waals surface area contributed by atoms with Gasteiger partial charge in [0.25, 0.3) is 12.8 Å². The summed E-state index contributed by atoms with van der Waals surface area (Å²) in [5, 5.41) is 0. The Balaban J connectivity index is 1.63. The van der Waals surface area contributed by atoms with E-state index in [1.165, 1.54) is 0 Å². The maximum Gasteiger partial charge on any atom is 0.284 e. The van der Waals surface area contributed by atoms with E-state index in [1.54, 1.807) is 0 Å². The summed E-state index contributed by atoms with van der Waals surface area (Å²) in [6.07, 6.45) is 5.11. The van der Waals surface area contributed by atoms with Crippen molar-refractivity contribution in [2.24, 2.45) is 0 Å². The summed E-state index contributed by atoms with van der Waals surface area (Å²) in [6, 6.07) is 20.0. The molecular formula is C20H10N2O2. The fourth-order valence-electron chi connectivity index (χ4n) is 2.97. The number of nitrogens with zero attached hydrogens (tertiary/aromatic N) is 2. The minimum Gasteiger partial charge on any atom is -0.432 e. The van der Waals surface area contributed by atoms with Crippen LogP contribution in [-0.4, -0.2) is 9.97 Å². The maximum atomic E-state index is 5.25. The predicted octanol–water partition coefficient (Wildman–Crippen LogP) is 4.90. The van der Waals surface area contributed by atoms with Crippen LogP contribution in [0.5, 0.6) is 0 Å². The summed E-state index contributed by atoms with van der Waals surface area (Å²) in [6.45, 7) is 0. The van der Waals surface area contributed by atoms with E-state index in [0.29, 0.717) is 0 Å². The van der Waals surface area contributed by atoms with Crippen molar-refractivity contribution in [2.45, 2.75) is 0 Å². The van der Waals surface area contributed by atoms with Crippen LogP contribution >= 0.6 is 0 Å². The molecule has 0 amide bonds. The number of para-hydroxylation sites is 2. The van der Waals surface area contributed by atoms with Gasteiger partial charge in [-0.2, -0.15) is 0 Å². The van der Waals surface area contributed by atoms with E-state index in [4.69, 9.17) is 8.83 Å². The van der Waals surface area contributed by atoms with Crippen LogP contribution in [0.15, 0.2) is 69.5 Å². The molecule has 4 heteroatoms. The Kier molecular flexibility index (Phi) is 2.76. The summed E-state index contributed by atoms with van der Waals surface area (Å²) in [7, 11) is 0. The van der Waals surface area contributed by atoms with Crippen LogP contribution in [0.25, 0.3) is 44.5 Å². The number of rotatable bonds is 2. The Bertz CT molecular complexity index is 1060. The van der Waals surface area contributed by atoms with Crippen LogP contribution in [0, 0.1) is 12.8 Å². The first-order valence-corrected chi connectivity index (χ1v) is 7.52. The molecule has 2 radical (unpaired) electrons. The summed E-state index contributed by atoms with van der Waals surface area (Å²) in [5.41, 5.74) is 7.31. The molecule has 0 atom stereocenters. The van der Waals surface area contributed by atoms with Crippen molar-refractivity contribution in [3.8, 4) is 22.3 Å². The van der Waals surface area contributed by atoms with Crippen molar-refractivity contribution in [3.05, 3.63) is 73.5 Å². The van der Waals surface area contributed by atoms with Gasteiger partial charge in [0, 0.05) is 11.1 Å². The number of oxazole rings is 2. The fourth-order valence-corrected chi connectivity index (χ4v) is 2.97. The van der Waals surface area contributed by atoms with Crippen LogP contribution in [-0.2, 0) is 0 Å². The van der Waals surface area contributed by atoms with Gasteiger partial charge in [-0.3, -0.25) is 0 Å². The first kappa shape index (κ1) is 13.1. The van der Waals surface area contributed by atoms with Gasteiger partial charge in [-0.05, 0) is 23.3 Å². The van der Waals surface area contributed by atoms with E-state index in [-0.39, 0.29) is 0 Å². The third-order valence-corrected chi connectivity index (χ3v) is 4.13. The predicted molar refractivity (Wildman–Crippen MR) is 90.1 cm³/mol. The van der Waals surface area contributed by atoms with Gasteiger partial charge in [-0.1, -0.05) is 48.5 Å². The minimum absolute atomic E-state index is 0.736. The maximum absolute atomic E-state index is 5.25. The number of hydrogen-bond acceptors (Lipinski definition) is 4. The zero-order chi connectivity index (χ0) is 15.9. The molecule has 0 unspecified atom stereocenters. The topological polar surface area (TPSA) is 52.1 Å². The summed E-state index contributed by atoms with van der Waals surface area (Å²) < 4.78 is 10.5. The summed E-state index contributed by atoms with van der Waals surface area (Å²) in [4.78, 5) is 8.38. The second-order valence-corrected chi connectivity index (χ2v) is 5.49. The SMILES string of the molecule is [c]1nc2c(-c3ccc(-c4cccc5o[c]nc45)cc3)cccc2o1. The number of fused-ring (bicyclic) bond motifs is 2. The van der Waals surface area contributed by atoms with Gasteiger partial charge in [0.15, 0.2) is 11.2 Å². The van der Waals surface area contributed by atoms with E-state index in [2.05, 4.69) is 47.0 Å². The Labute approximate surface area is 137 Å². The molecule has 2 heterocycles. The Morgan fingerprint density at radius 1 is 0.583 bits per heavy atom. The molecule has 5 rings (SSSR count). The van der Waals surface area contributed by atoms with Gasteiger partial charge in [0.05, 0.1) is 0 Å². The van der Waals surface area contributed by atoms with Crippen molar-refractivity contribution in [1.29, 1.82) is 0 Å². The van der Waals surface area contributed by atoms with Crippen LogP contribution in [0.3, 0.4) is 0 Å². The Morgan fingerprint density at radius 3 is 1.50 bits per heavy atom. The zero-order valence-electron chi connectivity index (χ0n) is 12.5. The van der Waals surface area contributed by atoms with Crippen molar-refractivity contribution < 1.29 is 8.83 Å². The standard InChI is InChI=1S/C20H10N2O2/c1-3-15(19-17(5-1)23-11-21-19)13-7-9-14(10-8-13)16-4-2-6-18-20(16)22-12-24-18/h1-10H. The van der Waals surface area contributed by atoms with Gasteiger partial charge in [-0.25, -0.2) is 9.97 Å².